The van der Waals surface area contributed by atoms with E-state index < -0.39 is 0 Å². The number of nitrogens with zero attached hydrogens (tertiary/aromatic N) is 4. The lowest BCUT2D eigenvalue weighted by atomic mass is 10.1. The molecule has 0 aliphatic heterocycles. The topological polar surface area (TPSA) is 71.0 Å². The third-order valence-electron chi connectivity index (χ3n) is 4.70. The number of carbonyl (C=O) groups is 1. The number of benzene rings is 1. The minimum absolute atomic E-state index is 0.0515. The third-order valence-corrected chi connectivity index (χ3v) is 4.70. The van der Waals surface area contributed by atoms with Crippen LogP contribution in [0, 0.1) is 6.92 Å². The SMILES string of the molecule is CCCN(CCNC)C(=O)c1cnc(-c2ccc(C)cc2)nc1-c1ccncc1. The van der Waals surface area contributed by atoms with Gasteiger partial charge in [-0.2, -0.15) is 0 Å². The molecule has 1 aromatic carbocycles. The normalized spacial score (nSPS) is 10.7. The van der Waals surface area contributed by atoms with Crippen molar-refractivity contribution in [3.05, 3.63) is 66.1 Å². The molecule has 0 saturated heterocycles. The predicted octanol–water partition coefficient (Wildman–Crippen LogP) is 3.59. The maximum absolute atomic E-state index is 13.3. The number of amides is 1. The number of likely N-dealkylation sites (N-methyl/N-ethyl adjacent to an activating group) is 1. The van der Waals surface area contributed by atoms with Crippen LogP contribution in [0.5, 0.6) is 0 Å². The van der Waals surface area contributed by atoms with Crippen molar-refractivity contribution in [3.8, 4) is 22.6 Å². The summed E-state index contributed by atoms with van der Waals surface area (Å²) >= 11 is 0. The smallest absolute Gasteiger partial charge is 0.257 e. The molecule has 1 amide bonds. The first kappa shape index (κ1) is 20.6. The van der Waals surface area contributed by atoms with Gasteiger partial charge in [-0.15, -0.1) is 0 Å². The van der Waals surface area contributed by atoms with Crippen LogP contribution in [-0.4, -0.2) is 52.4 Å². The lowest BCUT2D eigenvalue weighted by Crippen LogP contribution is -2.37. The quantitative estimate of drug-likeness (QED) is 0.638. The van der Waals surface area contributed by atoms with E-state index in [4.69, 9.17) is 4.98 Å². The highest BCUT2D eigenvalue weighted by Gasteiger charge is 2.21. The molecule has 0 unspecified atom stereocenters. The van der Waals surface area contributed by atoms with Gasteiger partial charge in [-0.1, -0.05) is 36.8 Å². The minimum Gasteiger partial charge on any atom is -0.337 e. The van der Waals surface area contributed by atoms with E-state index in [0.29, 0.717) is 30.2 Å². The van der Waals surface area contributed by atoms with E-state index in [2.05, 4.69) is 22.2 Å². The summed E-state index contributed by atoms with van der Waals surface area (Å²) in [5.74, 6) is 0.551. The van der Waals surface area contributed by atoms with Crippen molar-refractivity contribution in [1.29, 1.82) is 0 Å². The first-order chi connectivity index (χ1) is 14.1. The lowest BCUT2D eigenvalue weighted by Gasteiger charge is -2.23. The molecule has 6 heteroatoms. The molecule has 1 N–H and O–H groups in total. The number of pyridine rings is 1. The summed E-state index contributed by atoms with van der Waals surface area (Å²) in [4.78, 5) is 28.6. The lowest BCUT2D eigenvalue weighted by molar-refractivity contribution is 0.0757. The van der Waals surface area contributed by atoms with Crippen LogP contribution in [0.25, 0.3) is 22.6 Å². The van der Waals surface area contributed by atoms with Gasteiger partial charge in [-0.05, 0) is 32.5 Å². The largest absolute Gasteiger partial charge is 0.337 e. The number of nitrogens with one attached hydrogen (secondary N) is 1. The van der Waals surface area contributed by atoms with E-state index in [1.165, 1.54) is 5.56 Å². The number of aryl methyl sites for hydroxylation is 1. The Morgan fingerprint density at radius 3 is 2.41 bits per heavy atom. The minimum atomic E-state index is -0.0515. The van der Waals surface area contributed by atoms with Gasteiger partial charge in [0, 0.05) is 49.4 Å². The Kier molecular flexibility index (Phi) is 7.03. The third kappa shape index (κ3) is 5.03. The molecule has 2 aromatic heterocycles. The van der Waals surface area contributed by atoms with Gasteiger partial charge < -0.3 is 10.2 Å². The molecule has 3 aromatic rings. The van der Waals surface area contributed by atoms with Crippen molar-refractivity contribution in [2.75, 3.05) is 26.7 Å². The Hall–Kier alpha value is -3.12. The van der Waals surface area contributed by atoms with Crippen LogP contribution >= 0.6 is 0 Å². The molecule has 0 spiro atoms. The summed E-state index contributed by atoms with van der Waals surface area (Å²) in [5, 5.41) is 3.11. The van der Waals surface area contributed by atoms with Gasteiger partial charge in [0.2, 0.25) is 0 Å². The zero-order valence-electron chi connectivity index (χ0n) is 17.2. The Morgan fingerprint density at radius 2 is 1.76 bits per heavy atom. The molecule has 2 heterocycles. The molecular formula is C23H27N5O. The van der Waals surface area contributed by atoms with Crippen LogP contribution in [0.15, 0.2) is 55.0 Å². The van der Waals surface area contributed by atoms with E-state index in [-0.39, 0.29) is 5.91 Å². The van der Waals surface area contributed by atoms with Crippen LogP contribution in [0.1, 0.15) is 29.3 Å². The average Bonchev–Trinajstić information content (AvgIpc) is 2.77. The second kappa shape index (κ2) is 9.89. The van der Waals surface area contributed by atoms with Gasteiger partial charge in [0.25, 0.3) is 5.91 Å². The molecule has 150 valence electrons. The molecule has 6 nitrogen and oxygen atoms in total. The molecule has 0 fully saturated rings. The number of hydrogen-bond acceptors (Lipinski definition) is 5. The molecule has 29 heavy (non-hydrogen) atoms. The van der Waals surface area contributed by atoms with Crippen molar-refractivity contribution in [1.82, 2.24) is 25.2 Å². The number of carbonyl (C=O) groups excluding carboxylic acids is 1. The van der Waals surface area contributed by atoms with Crippen LogP contribution in [0.4, 0.5) is 0 Å². The van der Waals surface area contributed by atoms with Crippen LogP contribution in [0.3, 0.4) is 0 Å². The maximum atomic E-state index is 13.3. The standard InChI is InChI=1S/C23H27N5O/c1-4-14-28(15-13-24-3)23(29)20-16-26-22(19-7-5-17(2)6-8-19)27-21(20)18-9-11-25-12-10-18/h5-12,16,24H,4,13-15H2,1-3H3. The van der Waals surface area contributed by atoms with Crippen molar-refractivity contribution in [3.63, 3.8) is 0 Å². The number of hydrogen-bond donors (Lipinski definition) is 1. The monoisotopic (exact) mass is 389 g/mol. The second-order valence-corrected chi connectivity index (χ2v) is 6.95. The summed E-state index contributed by atoms with van der Waals surface area (Å²) in [6.07, 6.45) is 5.97. The van der Waals surface area contributed by atoms with Gasteiger partial charge >= 0.3 is 0 Å². The Labute approximate surface area is 172 Å². The fraction of sp³-hybridized carbons (Fsp3) is 0.304. The number of aromatic nitrogens is 3. The summed E-state index contributed by atoms with van der Waals surface area (Å²) in [7, 11) is 1.89. The van der Waals surface area contributed by atoms with E-state index in [0.717, 1.165) is 24.1 Å². The maximum Gasteiger partial charge on any atom is 0.257 e. The molecule has 0 bridgehead atoms. The highest BCUT2D eigenvalue weighted by molar-refractivity contribution is 5.99. The average molecular weight is 390 g/mol. The first-order valence-corrected chi connectivity index (χ1v) is 9.92. The Balaban J connectivity index is 2.06. The highest BCUT2D eigenvalue weighted by atomic mass is 16.2. The summed E-state index contributed by atoms with van der Waals surface area (Å²) in [6.45, 7) is 6.18. The molecule has 0 radical (unpaired) electrons. The van der Waals surface area contributed by atoms with Crippen molar-refractivity contribution >= 4 is 5.91 Å². The van der Waals surface area contributed by atoms with Crippen molar-refractivity contribution in [2.45, 2.75) is 20.3 Å². The van der Waals surface area contributed by atoms with E-state index >= 15 is 0 Å². The second-order valence-electron chi connectivity index (χ2n) is 6.95. The first-order valence-electron chi connectivity index (χ1n) is 9.92. The molecular weight excluding hydrogens is 362 g/mol. The van der Waals surface area contributed by atoms with Gasteiger partial charge in [-0.3, -0.25) is 9.78 Å². The fourth-order valence-electron chi connectivity index (χ4n) is 3.11. The van der Waals surface area contributed by atoms with Crippen molar-refractivity contribution in [2.24, 2.45) is 0 Å². The Morgan fingerprint density at radius 1 is 1.03 bits per heavy atom. The van der Waals surface area contributed by atoms with Gasteiger partial charge in [-0.25, -0.2) is 9.97 Å². The van der Waals surface area contributed by atoms with Crippen LogP contribution in [-0.2, 0) is 0 Å². The molecule has 0 aliphatic carbocycles. The zero-order valence-corrected chi connectivity index (χ0v) is 17.2. The van der Waals surface area contributed by atoms with E-state index in [1.807, 2.05) is 55.3 Å². The molecule has 0 atom stereocenters. The highest BCUT2D eigenvalue weighted by Crippen LogP contribution is 2.25. The summed E-state index contributed by atoms with van der Waals surface area (Å²) < 4.78 is 0. The van der Waals surface area contributed by atoms with Crippen molar-refractivity contribution < 1.29 is 4.79 Å². The van der Waals surface area contributed by atoms with Gasteiger partial charge in [0.15, 0.2) is 5.82 Å². The summed E-state index contributed by atoms with van der Waals surface area (Å²) in [6, 6.07) is 11.8. The molecule has 3 rings (SSSR count). The van der Waals surface area contributed by atoms with Gasteiger partial charge in [0.1, 0.15) is 0 Å². The predicted molar refractivity (Wildman–Crippen MR) is 116 cm³/mol. The Bertz CT molecular complexity index is 941. The fourth-order valence-corrected chi connectivity index (χ4v) is 3.11. The summed E-state index contributed by atoms with van der Waals surface area (Å²) in [5.41, 5.74) is 4.09. The van der Waals surface area contributed by atoms with Crippen LogP contribution in [0.2, 0.25) is 0 Å². The van der Waals surface area contributed by atoms with Crippen LogP contribution < -0.4 is 5.32 Å². The van der Waals surface area contributed by atoms with E-state index in [1.54, 1.807) is 18.6 Å². The molecule has 0 saturated carbocycles. The number of rotatable bonds is 8. The van der Waals surface area contributed by atoms with E-state index in [9.17, 15) is 4.79 Å². The molecule has 0 aliphatic rings. The van der Waals surface area contributed by atoms with Gasteiger partial charge in [0.05, 0.1) is 11.3 Å². The zero-order chi connectivity index (χ0) is 20.6.